The van der Waals surface area contributed by atoms with Crippen molar-refractivity contribution in [3.8, 4) is 11.5 Å². The summed E-state index contributed by atoms with van der Waals surface area (Å²) in [6, 6.07) is 4.63. The van der Waals surface area contributed by atoms with Crippen molar-refractivity contribution >= 4 is 11.6 Å². The highest BCUT2D eigenvalue weighted by Crippen LogP contribution is 2.28. The third-order valence-electron chi connectivity index (χ3n) is 3.17. The van der Waals surface area contributed by atoms with Gasteiger partial charge in [-0.2, -0.15) is 0 Å². The molecule has 5 heteroatoms. The molecule has 100 valence electrons. The van der Waals surface area contributed by atoms with Gasteiger partial charge in [0.25, 0.3) is 0 Å². The van der Waals surface area contributed by atoms with Gasteiger partial charge in [-0.1, -0.05) is 13.8 Å². The van der Waals surface area contributed by atoms with Crippen LogP contribution in [0.4, 0.5) is 5.69 Å². The Balaban J connectivity index is 2.94. The number of carbonyl (C=O) groups excluding carboxylic acids is 1. The number of carbonyl (C=O) groups is 1. The summed E-state index contributed by atoms with van der Waals surface area (Å²) in [6.07, 6.45) is 1.06. The van der Waals surface area contributed by atoms with E-state index in [1.165, 1.54) is 13.2 Å². The highest BCUT2D eigenvalue weighted by Gasteiger charge is 2.30. The van der Waals surface area contributed by atoms with E-state index in [9.17, 15) is 9.90 Å². The van der Waals surface area contributed by atoms with Gasteiger partial charge in [-0.05, 0) is 25.0 Å². The number of rotatable bonds is 5. The standard InChI is InChI=1S/C13H20N2O3/c1-4-13(14,5-2)12(17)15-10-8-9(18-3)6-7-11(10)16/h6-8,16H,4-5,14H2,1-3H3,(H,15,17). The van der Waals surface area contributed by atoms with Crippen LogP contribution in [0.5, 0.6) is 11.5 Å². The number of methoxy groups -OCH3 is 1. The van der Waals surface area contributed by atoms with Gasteiger partial charge in [0.05, 0.1) is 18.3 Å². The van der Waals surface area contributed by atoms with Crippen molar-refractivity contribution in [2.75, 3.05) is 12.4 Å². The first-order valence-electron chi connectivity index (χ1n) is 5.94. The molecule has 4 N–H and O–H groups in total. The lowest BCUT2D eigenvalue weighted by atomic mass is 9.93. The minimum atomic E-state index is -0.921. The predicted molar refractivity (Wildman–Crippen MR) is 70.8 cm³/mol. The molecule has 0 saturated carbocycles. The minimum Gasteiger partial charge on any atom is -0.506 e. The second-order valence-electron chi connectivity index (χ2n) is 4.20. The monoisotopic (exact) mass is 252 g/mol. The normalized spacial score (nSPS) is 11.1. The van der Waals surface area contributed by atoms with Gasteiger partial charge in [0.1, 0.15) is 11.5 Å². The van der Waals surface area contributed by atoms with E-state index in [0.717, 1.165) is 0 Å². The van der Waals surface area contributed by atoms with E-state index in [1.807, 2.05) is 13.8 Å². The largest absolute Gasteiger partial charge is 0.506 e. The fourth-order valence-corrected chi connectivity index (χ4v) is 1.56. The Labute approximate surface area is 107 Å². The second-order valence-corrected chi connectivity index (χ2v) is 4.20. The van der Waals surface area contributed by atoms with E-state index in [1.54, 1.807) is 12.1 Å². The number of anilines is 1. The van der Waals surface area contributed by atoms with Crippen molar-refractivity contribution in [3.05, 3.63) is 18.2 Å². The molecule has 0 radical (unpaired) electrons. The van der Waals surface area contributed by atoms with Crippen LogP contribution >= 0.6 is 0 Å². The van der Waals surface area contributed by atoms with E-state index >= 15 is 0 Å². The zero-order chi connectivity index (χ0) is 13.8. The highest BCUT2D eigenvalue weighted by atomic mass is 16.5. The summed E-state index contributed by atoms with van der Waals surface area (Å²) < 4.78 is 5.04. The lowest BCUT2D eigenvalue weighted by Gasteiger charge is -2.25. The van der Waals surface area contributed by atoms with Crippen LogP contribution in [-0.4, -0.2) is 23.7 Å². The van der Waals surface area contributed by atoms with Crippen LogP contribution in [0.3, 0.4) is 0 Å². The number of phenolic OH excluding ortho intramolecular Hbond substituents is 1. The molecule has 0 saturated heterocycles. The number of benzene rings is 1. The Bertz CT molecular complexity index is 428. The van der Waals surface area contributed by atoms with Crippen LogP contribution in [0, 0.1) is 0 Å². The summed E-state index contributed by atoms with van der Waals surface area (Å²) >= 11 is 0. The van der Waals surface area contributed by atoms with Crippen molar-refractivity contribution in [1.82, 2.24) is 0 Å². The Hall–Kier alpha value is -1.75. The number of amides is 1. The van der Waals surface area contributed by atoms with Gasteiger partial charge in [-0.25, -0.2) is 0 Å². The number of nitrogens with two attached hydrogens (primary N) is 1. The van der Waals surface area contributed by atoms with Crippen molar-refractivity contribution in [3.63, 3.8) is 0 Å². The molecule has 0 aliphatic carbocycles. The van der Waals surface area contributed by atoms with Crippen LogP contribution in [0.15, 0.2) is 18.2 Å². The molecule has 0 bridgehead atoms. The second kappa shape index (κ2) is 5.73. The van der Waals surface area contributed by atoms with Gasteiger partial charge >= 0.3 is 0 Å². The van der Waals surface area contributed by atoms with E-state index < -0.39 is 5.54 Å². The molecule has 0 spiro atoms. The number of aromatic hydroxyl groups is 1. The van der Waals surface area contributed by atoms with Crippen molar-refractivity contribution < 1.29 is 14.6 Å². The van der Waals surface area contributed by atoms with E-state index in [0.29, 0.717) is 24.3 Å². The molecule has 0 aliphatic heterocycles. The third kappa shape index (κ3) is 2.92. The number of hydrogen-bond acceptors (Lipinski definition) is 4. The van der Waals surface area contributed by atoms with Crippen molar-refractivity contribution in [2.45, 2.75) is 32.2 Å². The summed E-state index contributed by atoms with van der Waals surface area (Å²) in [5.74, 6) is 0.230. The lowest BCUT2D eigenvalue weighted by Crippen LogP contribution is -2.50. The van der Waals surface area contributed by atoms with Crippen molar-refractivity contribution in [2.24, 2.45) is 5.73 Å². The SMILES string of the molecule is CCC(N)(CC)C(=O)Nc1cc(OC)ccc1O. The molecule has 0 aliphatic rings. The van der Waals surface area contributed by atoms with Crippen molar-refractivity contribution in [1.29, 1.82) is 0 Å². The molecule has 1 amide bonds. The fraction of sp³-hybridized carbons (Fsp3) is 0.462. The van der Waals surface area contributed by atoms with Gasteiger partial charge in [0.15, 0.2) is 0 Å². The molecule has 5 nitrogen and oxygen atoms in total. The number of ether oxygens (including phenoxy) is 1. The van der Waals surface area contributed by atoms with E-state index in [2.05, 4.69) is 5.32 Å². The smallest absolute Gasteiger partial charge is 0.244 e. The number of phenols is 1. The maximum Gasteiger partial charge on any atom is 0.244 e. The fourth-order valence-electron chi connectivity index (χ4n) is 1.56. The average Bonchev–Trinajstić information content (AvgIpc) is 2.40. The molecule has 1 aromatic rings. The molecule has 0 heterocycles. The molecular weight excluding hydrogens is 232 g/mol. The Morgan fingerprint density at radius 2 is 2.06 bits per heavy atom. The first-order valence-corrected chi connectivity index (χ1v) is 5.94. The van der Waals surface area contributed by atoms with Gasteiger partial charge in [0.2, 0.25) is 5.91 Å². The van der Waals surface area contributed by atoms with Crippen LogP contribution in [0.1, 0.15) is 26.7 Å². The summed E-state index contributed by atoms with van der Waals surface area (Å²) in [5.41, 5.74) is 5.36. The first kappa shape index (κ1) is 14.3. The maximum atomic E-state index is 12.1. The molecule has 0 aromatic heterocycles. The molecular formula is C13H20N2O3. The number of nitrogens with one attached hydrogen (secondary N) is 1. The minimum absolute atomic E-state index is 0.0151. The van der Waals surface area contributed by atoms with Crippen LogP contribution in [0.25, 0.3) is 0 Å². The summed E-state index contributed by atoms with van der Waals surface area (Å²) in [5, 5.41) is 12.3. The summed E-state index contributed by atoms with van der Waals surface area (Å²) in [7, 11) is 1.52. The van der Waals surface area contributed by atoms with Crippen LogP contribution in [0.2, 0.25) is 0 Å². The summed E-state index contributed by atoms with van der Waals surface area (Å²) in [6.45, 7) is 3.71. The van der Waals surface area contributed by atoms with Crippen LogP contribution in [-0.2, 0) is 4.79 Å². The molecule has 18 heavy (non-hydrogen) atoms. The van der Waals surface area contributed by atoms with Gasteiger partial charge in [0, 0.05) is 6.07 Å². The Morgan fingerprint density at radius 1 is 1.44 bits per heavy atom. The molecule has 0 atom stereocenters. The Morgan fingerprint density at radius 3 is 2.56 bits per heavy atom. The third-order valence-corrected chi connectivity index (χ3v) is 3.17. The van der Waals surface area contributed by atoms with E-state index in [-0.39, 0.29) is 11.7 Å². The molecule has 1 rings (SSSR count). The topological polar surface area (TPSA) is 84.6 Å². The average molecular weight is 252 g/mol. The molecule has 0 unspecified atom stereocenters. The quantitative estimate of drug-likeness (QED) is 0.698. The summed E-state index contributed by atoms with van der Waals surface area (Å²) in [4.78, 5) is 12.1. The molecule has 0 fully saturated rings. The lowest BCUT2D eigenvalue weighted by molar-refractivity contribution is -0.121. The van der Waals surface area contributed by atoms with Crippen LogP contribution < -0.4 is 15.8 Å². The van der Waals surface area contributed by atoms with Gasteiger partial charge in [-0.3, -0.25) is 4.79 Å². The van der Waals surface area contributed by atoms with Gasteiger partial charge < -0.3 is 20.9 Å². The maximum absolute atomic E-state index is 12.1. The zero-order valence-electron chi connectivity index (χ0n) is 11.0. The zero-order valence-corrected chi connectivity index (χ0v) is 11.0. The predicted octanol–water partition coefficient (Wildman–Crippen LogP) is 1.86. The highest BCUT2D eigenvalue weighted by molar-refractivity contribution is 5.99. The Kier molecular flexibility index (Phi) is 4.55. The first-order chi connectivity index (χ1) is 8.46. The number of hydrogen-bond donors (Lipinski definition) is 3. The molecule has 1 aromatic carbocycles. The van der Waals surface area contributed by atoms with Gasteiger partial charge in [-0.15, -0.1) is 0 Å². The van der Waals surface area contributed by atoms with E-state index in [4.69, 9.17) is 10.5 Å².